The van der Waals surface area contributed by atoms with E-state index in [2.05, 4.69) is 17.6 Å². The van der Waals surface area contributed by atoms with E-state index in [9.17, 15) is 4.79 Å². The van der Waals surface area contributed by atoms with E-state index >= 15 is 0 Å². The zero-order valence-corrected chi connectivity index (χ0v) is 12.2. The van der Waals surface area contributed by atoms with Gasteiger partial charge in [-0.25, -0.2) is 0 Å². The van der Waals surface area contributed by atoms with Gasteiger partial charge >= 0.3 is 0 Å². The number of hydrogen-bond donors (Lipinski definition) is 2. The maximum atomic E-state index is 11.7. The Balaban J connectivity index is 1.71. The first-order chi connectivity index (χ1) is 9.78. The molecule has 110 valence electrons. The molecule has 0 aliphatic heterocycles. The maximum absolute atomic E-state index is 11.7. The highest BCUT2D eigenvalue weighted by atomic mass is 16.5. The summed E-state index contributed by atoms with van der Waals surface area (Å²) in [5, 5.41) is 6.28. The average molecular weight is 276 g/mol. The Labute approximate surface area is 120 Å². The van der Waals surface area contributed by atoms with Crippen LogP contribution in [0, 0.1) is 0 Å². The zero-order chi connectivity index (χ0) is 14.2. The highest BCUT2D eigenvalue weighted by Crippen LogP contribution is 2.17. The van der Waals surface area contributed by atoms with E-state index in [1.165, 1.54) is 18.4 Å². The van der Waals surface area contributed by atoms with Gasteiger partial charge in [0.15, 0.2) is 6.61 Å². The van der Waals surface area contributed by atoms with Crippen molar-refractivity contribution in [3.63, 3.8) is 0 Å². The fraction of sp³-hybridized carbons (Fsp3) is 0.562. The van der Waals surface area contributed by atoms with Crippen molar-refractivity contribution in [2.45, 2.75) is 45.2 Å². The van der Waals surface area contributed by atoms with Crippen LogP contribution in [0.15, 0.2) is 24.3 Å². The van der Waals surface area contributed by atoms with Crippen molar-refractivity contribution in [3.8, 4) is 5.75 Å². The van der Waals surface area contributed by atoms with Gasteiger partial charge in [0.2, 0.25) is 0 Å². The molecule has 0 radical (unpaired) electrons. The molecule has 0 atom stereocenters. The Morgan fingerprint density at radius 2 is 1.95 bits per heavy atom. The largest absolute Gasteiger partial charge is 0.484 e. The Morgan fingerprint density at radius 3 is 2.60 bits per heavy atom. The third kappa shape index (κ3) is 4.85. The lowest BCUT2D eigenvalue weighted by Crippen LogP contribution is -2.36. The molecule has 0 unspecified atom stereocenters. The van der Waals surface area contributed by atoms with Crippen LogP contribution in [0.1, 0.15) is 38.2 Å². The van der Waals surface area contributed by atoms with Crippen molar-refractivity contribution in [3.05, 3.63) is 29.8 Å². The minimum atomic E-state index is -0.0198. The van der Waals surface area contributed by atoms with Gasteiger partial charge in [-0.2, -0.15) is 0 Å². The summed E-state index contributed by atoms with van der Waals surface area (Å²) in [6, 6.07) is 8.22. The van der Waals surface area contributed by atoms with E-state index < -0.39 is 0 Å². The number of rotatable bonds is 7. The van der Waals surface area contributed by atoms with Crippen LogP contribution in [-0.4, -0.2) is 25.1 Å². The van der Waals surface area contributed by atoms with Gasteiger partial charge in [-0.05, 0) is 37.1 Å². The molecule has 4 nitrogen and oxygen atoms in total. The van der Waals surface area contributed by atoms with E-state index in [1.54, 1.807) is 0 Å². The fourth-order valence-electron chi connectivity index (χ4n) is 2.46. The molecule has 1 aliphatic carbocycles. The van der Waals surface area contributed by atoms with Gasteiger partial charge in [0.05, 0.1) is 0 Å². The lowest BCUT2D eigenvalue weighted by molar-refractivity contribution is -0.123. The van der Waals surface area contributed by atoms with Gasteiger partial charge < -0.3 is 15.4 Å². The zero-order valence-electron chi connectivity index (χ0n) is 12.2. The van der Waals surface area contributed by atoms with Crippen molar-refractivity contribution in [2.24, 2.45) is 0 Å². The Kier molecular flexibility index (Phi) is 5.87. The number of carbonyl (C=O) groups excluding carboxylic acids is 1. The highest BCUT2D eigenvalue weighted by Gasteiger charge is 2.17. The smallest absolute Gasteiger partial charge is 0.258 e. The summed E-state index contributed by atoms with van der Waals surface area (Å²) in [5.74, 6) is 0.723. The van der Waals surface area contributed by atoms with Crippen molar-refractivity contribution in [1.29, 1.82) is 0 Å². The molecule has 1 aromatic rings. The summed E-state index contributed by atoms with van der Waals surface area (Å²) in [6.07, 6.45) is 4.65. The number of ether oxygens (including phenoxy) is 1. The molecule has 4 heteroatoms. The molecule has 1 amide bonds. The molecule has 2 rings (SSSR count). The molecule has 1 aliphatic rings. The highest BCUT2D eigenvalue weighted by molar-refractivity contribution is 5.77. The van der Waals surface area contributed by atoms with Gasteiger partial charge in [0.1, 0.15) is 5.75 Å². The monoisotopic (exact) mass is 276 g/mol. The Hall–Kier alpha value is -1.55. The second-order valence-corrected chi connectivity index (χ2v) is 5.26. The second-order valence-electron chi connectivity index (χ2n) is 5.26. The van der Waals surface area contributed by atoms with Crippen LogP contribution in [-0.2, 0) is 11.3 Å². The fourth-order valence-corrected chi connectivity index (χ4v) is 2.46. The number of benzene rings is 1. The number of carbonyl (C=O) groups is 1. The quantitative estimate of drug-likeness (QED) is 0.803. The summed E-state index contributed by atoms with van der Waals surface area (Å²) in [5.41, 5.74) is 1.22. The summed E-state index contributed by atoms with van der Waals surface area (Å²) < 4.78 is 5.51. The van der Waals surface area contributed by atoms with Crippen LogP contribution < -0.4 is 15.4 Å². The minimum Gasteiger partial charge on any atom is -0.484 e. The lowest BCUT2D eigenvalue weighted by Gasteiger charge is -2.12. The van der Waals surface area contributed by atoms with Gasteiger partial charge in [0, 0.05) is 12.6 Å². The minimum absolute atomic E-state index is 0.0198. The SMILES string of the molecule is CCNCc1ccc(OCC(=O)NC2CCCC2)cc1. The van der Waals surface area contributed by atoms with Gasteiger partial charge in [-0.15, -0.1) is 0 Å². The maximum Gasteiger partial charge on any atom is 0.258 e. The first-order valence-electron chi connectivity index (χ1n) is 7.49. The summed E-state index contributed by atoms with van der Waals surface area (Å²) in [7, 11) is 0. The molecule has 1 saturated carbocycles. The van der Waals surface area contributed by atoms with Crippen LogP contribution in [0.3, 0.4) is 0 Å². The molecule has 0 saturated heterocycles. The Bertz CT molecular complexity index is 411. The van der Waals surface area contributed by atoms with Crippen molar-refractivity contribution < 1.29 is 9.53 Å². The molecule has 0 aromatic heterocycles. The number of amides is 1. The van der Waals surface area contributed by atoms with E-state index in [0.717, 1.165) is 31.7 Å². The lowest BCUT2D eigenvalue weighted by atomic mass is 10.2. The van der Waals surface area contributed by atoms with Crippen molar-refractivity contribution in [1.82, 2.24) is 10.6 Å². The van der Waals surface area contributed by atoms with Crippen LogP contribution in [0.5, 0.6) is 5.75 Å². The van der Waals surface area contributed by atoms with Crippen LogP contribution in [0.25, 0.3) is 0 Å². The van der Waals surface area contributed by atoms with Crippen LogP contribution >= 0.6 is 0 Å². The van der Waals surface area contributed by atoms with Gasteiger partial charge in [-0.3, -0.25) is 4.79 Å². The molecular formula is C16H24N2O2. The average Bonchev–Trinajstić information content (AvgIpc) is 2.97. The third-order valence-corrected chi connectivity index (χ3v) is 3.59. The summed E-state index contributed by atoms with van der Waals surface area (Å²) in [4.78, 5) is 11.7. The molecule has 20 heavy (non-hydrogen) atoms. The molecule has 1 aromatic carbocycles. The third-order valence-electron chi connectivity index (χ3n) is 3.59. The van der Waals surface area contributed by atoms with E-state index in [-0.39, 0.29) is 12.5 Å². The van der Waals surface area contributed by atoms with Gasteiger partial charge in [0.25, 0.3) is 5.91 Å². The standard InChI is InChI=1S/C16H24N2O2/c1-2-17-11-13-7-9-15(10-8-13)20-12-16(19)18-14-5-3-4-6-14/h7-10,14,17H,2-6,11-12H2,1H3,(H,18,19). The number of nitrogens with one attached hydrogen (secondary N) is 2. The molecule has 2 N–H and O–H groups in total. The second kappa shape index (κ2) is 7.90. The molecule has 0 heterocycles. The molecular weight excluding hydrogens is 252 g/mol. The molecule has 0 bridgehead atoms. The van der Waals surface area contributed by atoms with E-state index in [0.29, 0.717) is 6.04 Å². The summed E-state index contributed by atoms with van der Waals surface area (Å²) >= 11 is 0. The topological polar surface area (TPSA) is 50.4 Å². The van der Waals surface area contributed by atoms with Crippen LogP contribution in [0.4, 0.5) is 0 Å². The molecule has 0 spiro atoms. The Morgan fingerprint density at radius 1 is 1.25 bits per heavy atom. The van der Waals surface area contributed by atoms with Crippen molar-refractivity contribution in [2.75, 3.05) is 13.2 Å². The normalized spacial score (nSPS) is 15.2. The van der Waals surface area contributed by atoms with Crippen LogP contribution in [0.2, 0.25) is 0 Å². The first kappa shape index (κ1) is 14.9. The van der Waals surface area contributed by atoms with Gasteiger partial charge in [-0.1, -0.05) is 31.9 Å². The first-order valence-corrected chi connectivity index (χ1v) is 7.49. The van der Waals surface area contributed by atoms with E-state index in [4.69, 9.17) is 4.74 Å². The summed E-state index contributed by atoms with van der Waals surface area (Å²) in [6.45, 7) is 4.00. The predicted octanol–water partition coefficient (Wildman–Crippen LogP) is 2.23. The predicted molar refractivity (Wildman–Crippen MR) is 79.7 cm³/mol. The van der Waals surface area contributed by atoms with Crippen molar-refractivity contribution >= 4 is 5.91 Å². The number of hydrogen-bond acceptors (Lipinski definition) is 3. The van der Waals surface area contributed by atoms with E-state index in [1.807, 2.05) is 24.3 Å². The molecule has 1 fully saturated rings.